The van der Waals surface area contributed by atoms with E-state index in [0.717, 1.165) is 16.9 Å². The minimum atomic E-state index is -3.69. The third-order valence-electron chi connectivity index (χ3n) is 4.09. The highest BCUT2D eigenvalue weighted by Crippen LogP contribution is 2.32. The van der Waals surface area contributed by atoms with Gasteiger partial charge in [-0.3, -0.25) is 0 Å². The van der Waals surface area contributed by atoms with Crippen molar-refractivity contribution >= 4 is 21.4 Å². The van der Waals surface area contributed by atoms with Gasteiger partial charge in [0, 0.05) is 17.0 Å². The number of aliphatic hydroxyl groups excluding tert-OH is 1. The summed E-state index contributed by atoms with van der Waals surface area (Å²) >= 11 is 1.47. The van der Waals surface area contributed by atoms with E-state index < -0.39 is 16.1 Å². The van der Waals surface area contributed by atoms with E-state index in [4.69, 9.17) is 0 Å². The predicted octanol–water partition coefficient (Wildman–Crippen LogP) is 2.26. The monoisotopic (exact) mass is 383 g/mol. The molecule has 0 aliphatic rings. The van der Waals surface area contributed by atoms with Gasteiger partial charge in [0.1, 0.15) is 6.54 Å². The van der Waals surface area contributed by atoms with E-state index in [1.807, 2.05) is 11.4 Å². The van der Waals surface area contributed by atoms with Crippen molar-refractivity contribution in [2.45, 2.75) is 37.8 Å². The van der Waals surface area contributed by atoms with Crippen LogP contribution in [0.3, 0.4) is 0 Å². The summed E-state index contributed by atoms with van der Waals surface area (Å²) in [6.45, 7) is 4.89. The number of aliphatic hydroxyl groups is 1. The predicted molar refractivity (Wildman–Crippen MR) is 101 cm³/mol. The summed E-state index contributed by atoms with van der Waals surface area (Å²) in [5.74, 6) is 0.367. The second-order valence-electron chi connectivity index (χ2n) is 6.42. The van der Waals surface area contributed by atoms with E-state index in [-0.39, 0.29) is 11.5 Å². The second kappa shape index (κ2) is 8.91. The summed E-state index contributed by atoms with van der Waals surface area (Å²) in [6.07, 6.45) is 0.732. The quantitative estimate of drug-likeness (QED) is 0.696. The molecule has 0 unspecified atom stereocenters. The van der Waals surface area contributed by atoms with Crippen LogP contribution >= 0.6 is 11.3 Å². The molecule has 0 fully saturated rings. The van der Waals surface area contributed by atoms with Gasteiger partial charge in [0.2, 0.25) is 10.0 Å². The van der Waals surface area contributed by atoms with Gasteiger partial charge in [0.15, 0.2) is 0 Å². The zero-order valence-corrected chi connectivity index (χ0v) is 16.4. The van der Waals surface area contributed by atoms with Gasteiger partial charge in [-0.2, -0.15) is 4.31 Å². The van der Waals surface area contributed by atoms with E-state index >= 15 is 0 Å². The van der Waals surface area contributed by atoms with Crippen LogP contribution in [0, 0.1) is 5.92 Å². The number of quaternary nitrogens is 1. The Balaban J connectivity index is 2.43. The molecule has 0 radical (unpaired) electrons. The lowest BCUT2D eigenvalue weighted by Crippen LogP contribution is -2.47. The highest BCUT2D eigenvalue weighted by Gasteiger charge is 2.32. The molecule has 2 rings (SSSR count). The molecule has 5 nitrogen and oxygen atoms in total. The Morgan fingerprint density at radius 1 is 1.24 bits per heavy atom. The summed E-state index contributed by atoms with van der Waals surface area (Å²) in [4.78, 5) is 1.11. The Morgan fingerprint density at radius 2 is 1.92 bits per heavy atom. The Hall–Kier alpha value is -1.25. The molecule has 138 valence electrons. The zero-order valence-electron chi connectivity index (χ0n) is 14.8. The highest BCUT2D eigenvalue weighted by molar-refractivity contribution is 7.89. The number of thiophene rings is 1. The van der Waals surface area contributed by atoms with Crippen molar-refractivity contribution in [1.82, 2.24) is 4.31 Å². The van der Waals surface area contributed by atoms with Gasteiger partial charge in [-0.05, 0) is 35.9 Å². The van der Waals surface area contributed by atoms with Crippen LogP contribution in [0.4, 0.5) is 0 Å². The normalized spacial score (nSPS) is 13.5. The number of sulfonamides is 1. The largest absolute Gasteiger partial charge is 0.394 e. The molecule has 1 aromatic heterocycles. The first-order valence-electron chi connectivity index (χ1n) is 8.44. The van der Waals surface area contributed by atoms with Crippen LogP contribution in [0.1, 0.15) is 36.8 Å². The molecule has 0 saturated carbocycles. The van der Waals surface area contributed by atoms with Crippen LogP contribution in [0.15, 0.2) is 46.7 Å². The van der Waals surface area contributed by atoms with Crippen molar-refractivity contribution in [3.05, 3.63) is 52.2 Å². The average Bonchev–Trinajstić information content (AvgIpc) is 3.07. The molecule has 25 heavy (non-hydrogen) atoms. The summed E-state index contributed by atoms with van der Waals surface area (Å²) < 4.78 is 27.8. The molecule has 0 saturated heterocycles. The Bertz CT molecular complexity index is 758. The maximum absolute atomic E-state index is 13.2. The topological polar surface area (TPSA) is 85.2 Å². The van der Waals surface area contributed by atoms with Gasteiger partial charge >= 0.3 is 0 Å². The number of hydrogen-bond acceptors (Lipinski definition) is 4. The standard InChI is InChI=1S/C18H26N2O3S2/c1-14(2)8-9-20(25(22,23)16-6-4-3-5-7-16)17(12-21)18-10-15(11-19)13-24-18/h3-7,10,13-14,17,21H,8-9,11-12,19H2,1-2H3/p+1/t17-/m1/s1. The molecular weight excluding hydrogens is 356 g/mol. The fraction of sp³-hybridized carbons (Fsp3) is 0.444. The minimum Gasteiger partial charge on any atom is -0.394 e. The van der Waals surface area contributed by atoms with Crippen molar-refractivity contribution < 1.29 is 19.3 Å². The van der Waals surface area contributed by atoms with Crippen molar-refractivity contribution in [3.63, 3.8) is 0 Å². The Kier molecular flexibility index (Phi) is 7.15. The van der Waals surface area contributed by atoms with Crippen LogP contribution < -0.4 is 5.73 Å². The van der Waals surface area contributed by atoms with Gasteiger partial charge < -0.3 is 10.8 Å². The molecule has 2 aromatic rings. The van der Waals surface area contributed by atoms with Crippen LogP contribution in [0.2, 0.25) is 0 Å². The number of rotatable bonds is 9. The van der Waals surface area contributed by atoms with E-state index in [9.17, 15) is 13.5 Å². The summed E-state index contributed by atoms with van der Waals surface area (Å²) in [5.41, 5.74) is 4.92. The third kappa shape index (κ3) is 4.89. The molecule has 7 heteroatoms. The first-order chi connectivity index (χ1) is 11.9. The molecular formula is C18H27N2O3S2+. The third-order valence-corrected chi connectivity index (χ3v) is 7.09. The maximum atomic E-state index is 13.2. The zero-order chi connectivity index (χ0) is 18.4. The average molecular weight is 384 g/mol. The van der Waals surface area contributed by atoms with E-state index in [1.165, 1.54) is 15.6 Å². The first-order valence-corrected chi connectivity index (χ1v) is 10.8. The number of hydrogen-bond donors (Lipinski definition) is 2. The lowest BCUT2D eigenvalue weighted by Gasteiger charge is -2.29. The van der Waals surface area contributed by atoms with Gasteiger partial charge in [-0.15, -0.1) is 11.3 Å². The summed E-state index contributed by atoms with van der Waals surface area (Å²) in [7, 11) is -3.69. The van der Waals surface area contributed by atoms with E-state index in [2.05, 4.69) is 19.6 Å². The summed E-state index contributed by atoms with van der Waals surface area (Å²) in [6, 6.07) is 9.79. The van der Waals surface area contributed by atoms with Crippen LogP contribution in [-0.2, 0) is 16.6 Å². The highest BCUT2D eigenvalue weighted by atomic mass is 32.2. The molecule has 1 atom stereocenters. The molecule has 0 amide bonds. The van der Waals surface area contributed by atoms with Crippen molar-refractivity contribution in [1.29, 1.82) is 0 Å². The molecule has 0 aliphatic carbocycles. The fourth-order valence-electron chi connectivity index (χ4n) is 2.58. The molecule has 1 heterocycles. The van der Waals surface area contributed by atoms with Gasteiger partial charge in [0.25, 0.3) is 0 Å². The SMILES string of the molecule is CC(C)CCN([C@H](CO)c1cc(C[NH3+])cs1)S(=O)(=O)c1ccccc1. The van der Waals surface area contributed by atoms with Crippen molar-refractivity contribution in [2.24, 2.45) is 5.92 Å². The summed E-state index contributed by atoms with van der Waals surface area (Å²) in [5, 5.41) is 12.0. The molecule has 0 bridgehead atoms. The van der Waals surface area contributed by atoms with Crippen LogP contribution in [-0.4, -0.2) is 31.0 Å². The Morgan fingerprint density at radius 3 is 2.44 bits per heavy atom. The molecule has 1 aromatic carbocycles. The molecule has 0 aliphatic heterocycles. The van der Waals surface area contributed by atoms with Gasteiger partial charge in [0.05, 0.1) is 17.5 Å². The maximum Gasteiger partial charge on any atom is 0.243 e. The van der Waals surface area contributed by atoms with Gasteiger partial charge in [-0.1, -0.05) is 32.0 Å². The smallest absolute Gasteiger partial charge is 0.243 e. The molecule has 0 spiro atoms. The second-order valence-corrected chi connectivity index (χ2v) is 9.25. The van der Waals surface area contributed by atoms with E-state index in [0.29, 0.717) is 19.0 Å². The van der Waals surface area contributed by atoms with Crippen LogP contribution in [0.25, 0.3) is 0 Å². The van der Waals surface area contributed by atoms with Crippen LogP contribution in [0.5, 0.6) is 0 Å². The first kappa shape index (κ1) is 20.1. The van der Waals surface area contributed by atoms with Crippen molar-refractivity contribution in [3.8, 4) is 0 Å². The van der Waals surface area contributed by atoms with E-state index in [1.54, 1.807) is 30.3 Å². The van der Waals surface area contributed by atoms with Crippen molar-refractivity contribution in [2.75, 3.05) is 13.2 Å². The Labute approximate surface area is 154 Å². The number of nitrogens with zero attached hydrogens (tertiary/aromatic N) is 1. The number of benzene rings is 1. The fourth-order valence-corrected chi connectivity index (χ4v) is 5.33. The molecule has 4 N–H and O–H groups in total. The van der Waals surface area contributed by atoms with Gasteiger partial charge in [-0.25, -0.2) is 8.42 Å². The lowest BCUT2D eigenvalue weighted by atomic mass is 10.1. The minimum absolute atomic E-state index is 0.249. The lowest BCUT2D eigenvalue weighted by molar-refractivity contribution is -0.386.